The summed E-state index contributed by atoms with van der Waals surface area (Å²) in [7, 11) is 0. The van der Waals surface area contributed by atoms with Gasteiger partial charge in [-0.25, -0.2) is 0 Å². The lowest BCUT2D eigenvalue weighted by atomic mass is 9.97. The highest BCUT2D eigenvalue weighted by atomic mass is 16.3. The minimum Gasteiger partial charge on any atom is -0.392 e. The van der Waals surface area contributed by atoms with Crippen molar-refractivity contribution < 1.29 is 9.90 Å². The molecule has 0 unspecified atom stereocenters. The number of rotatable bonds is 8. The van der Waals surface area contributed by atoms with Gasteiger partial charge < -0.3 is 15.7 Å². The molecule has 7 heteroatoms. The quantitative estimate of drug-likeness (QED) is 0.308. The Kier molecular flexibility index (Phi) is 7.17. The van der Waals surface area contributed by atoms with Gasteiger partial charge in [0.15, 0.2) is 0 Å². The Morgan fingerprint density at radius 1 is 1.11 bits per heavy atom. The molecule has 0 aliphatic carbocycles. The molecule has 1 amide bonds. The number of fused-ring (bicyclic) bond motifs is 1. The number of aryl methyl sites for hydroxylation is 1. The molecule has 0 fully saturated rings. The summed E-state index contributed by atoms with van der Waals surface area (Å²) in [6.45, 7) is 8.72. The number of pyridine rings is 1. The van der Waals surface area contributed by atoms with Gasteiger partial charge in [-0.2, -0.15) is 5.10 Å². The number of anilines is 2. The van der Waals surface area contributed by atoms with Crippen LogP contribution in [0.25, 0.3) is 22.0 Å². The van der Waals surface area contributed by atoms with Crippen molar-refractivity contribution in [2.24, 2.45) is 0 Å². The average molecular weight is 472 g/mol. The molecule has 2 heterocycles. The van der Waals surface area contributed by atoms with E-state index in [0.717, 1.165) is 47.2 Å². The van der Waals surface area contributed by atoms with Gasteiger partial charge in [0.05, 0.1) is 29.6 Å². The molecule has 7 nitrogen and oxygen atoms in total. The van der Waals surface area contributed by atoms with Crippen molar-refractivity contribution in [3.63, 3.8) is 0 Å². The summed E-state index contributed by atoms with van der Waals surface area (Å²) in [6, 6.07) is 13.6. The van der Waals surface area contributed by atoms with E-state index in [1.54, 1.807) is 6.20 Å². The Balaban J connectivity index is 1.89. The number of para-hydroxylation sites is 1. The maximum Gasteiger partial charge on any atom is 0.255 e. The Morgan fingerprint density at radius 2 is 1.89 bits per heavy atom. The molecule has 0 saturated heterocycles. The first-order chi connectivity index (χ1) is 16.8. The second-order valence-corrected chi connectivity index (χ2v) is 9.77. The number of unbranched alkanes of at least 4 members (excludes halogenated alkanes) is 1. The number of aromatic nitrogens is 3. The third kappa shape index (κ3) is 5.69. The van der Waals surface area contributed by atoms with Crippen molar-refractivity contribution in [2.45, 2.75) is 59.2 Å². The van der Waals surface area contributed by atoms with Crippen LogP contribution in [0.1, 0.15) is 56.5 Å². The summed E-state index contributed by atoms with van der Waals surface area (Å²) in [6.07, 6.45) is 7.56. The first-order valence-electron chi connectivity index (χ1n) is 12.0. The Bertz CT molecular complexity index is 1320. The van der Waals surface area contributed by atoms with E-state index >= 15 is 0 Å². The molecule has 35 heavy (non-hydrogen) atoms. The predicted molar refractivity (Wildman–Crippen MR) is 141 cm³/mol. The van der Waals surface area contributed by atoms with Crippen molar-refractivity contribution in [3.8, 4) is 11.1 Å². The smallest absolute Gasteiger partial charge is 0.255 e. The second kappa shape index (κ2) is 10.3. The maximum atomic E-state index is 13.3. The molecule has 2 aromatic heterocycles. The molecule has 4 rings (SSSR count). The predicted octanol–water partition coefficient (Wildman–Crippen LogP) is 5.66. The van der Waals surface area contributed by atoms with E-state index in [1.807, 2.05) is 80.3 Å². The maximum absolute atomic E-state index is 13.3. The number of carbonyl (C=O) groups is 1. The van der Waals surface area contributed by atoms with Crippen LogP contribution in [0.5, 0.6) is 0 Å². The third-order valence-corrected chi connectivity index (χ3v) is 5.72. The number of nitrogens with zero attached hydrogens (tertiary/aromatic N) is 3. The van der Waals surface area contributed by atoms with Gasteiger partial charge in [-0.05, 0) is 62.6 Å². The first kappa shape index (κ1) is 24.4. The number of hydrogen-bond acceptors (Lipinski definition) is 5. The van der Waals surface area contributed by atoms with E-state index in [-0.39, 0.29) is 12.5 Å². The molecule has 0 saturated carbocycles. The lowest BCUT2D eigenvalue weighted by Crippen LogP contribution is -2.40. The van der Waals surface area contributed by atoms with Crippen molar-refractivity contribution in [2.75, 3.05) is 5.32 Å². The van der Waals surface area contributed by atoms with Crippen LogP contribution in [-0.2, 0) is 13.2 Å². The normalized spacial score (nSPS) is 11.6. The lowest BCUT2D eigenvalue weighted by Gasteiger charge is -2.22. The largest absolute Gasteiger partial charge is 0.392 e. The molecule has 2 aromatic carbocycles. The van der Waals surface area contributed by atoms with Gasteiger partial charge >= 0.3 is 0 Å². The first-order valence-corrected chi connectivity index (χ1v) is 12.0. The molecule has 0 aliphatic rings. The fraction of sp³-hybridized carbons (Fsp3) is 0.321. The average Bonchev–Trinajstić information content (AvgIpc) is 3.30. The topological polar surface area (TPSA) is 92.1 Å². The number of benzene rings is 2. The number of hydrogen-bond donors (Lipinski definition) is 3. The van der Waals surface area contributed by atoms with Crippen molar-refractivity contribution >= 4 is 28.2 Å². The summed E-state index contributed by atoms with van der Waals surface area (Å²) in [5.41, 5.74) is 4.85. The molecule has 0 aliphatic heterocycles. The van der Waals surface area contributed by atoms with Gasteiger partial charge in [-0.3, -0.25) is 14.5 Å². The highest BCUT2D eigenvalue weighted by Crippen LogP contribution is 2.35. The Hall–Kier alpha value is -3.71. The second-order valence-electron chi connectivity index (χ2n) is 9.77. The molecule has 3 N–H and O–H groups in total. The van der Waals surface area contributed by atoms with Crippen LogP contribution in [-0.4, -0.2) is 31.3 Å². The summed E-state index contributed by atoms with van der Waals surface area (Å²) in [5.74, 6) is -0.203. The monoisotopic (exact) mass is 471 g/mol. The Morgan fingerprint density at radius 3 is 2.57 bits per heavy atom. The fourth-order valence-electron chi connectivity index (χ4n) is 4.01. The van der Waals surface area contributed by atoms with Gasteiger partial charge in [-0.1, -0.05) is 31.5 Å². The van der Waals surface area contributed by atoms with Gasteiger partial charge in [0.1, 0.15) is 0 Å². The summed E-state index contributed by atoms with van der Waals surface area (Å²) in [4.78, 5) is 17.8. The number of aliphatic hydroxyl groups is 1. The van der Waals surface area contributed by atoms with Crippen LogP contribution in [0.4, 0.5) is 11.4 Å². The van der Waals surface area contributed by atoms with Crippen molar-refractivity contribution in [3.05, 3.63) is 72.2 Å². The number of carbonyl (C=O) groups excluding carboxylic acids is 1. The molecule has 0 atom stereocenters. The molecule has 0 bridgehead atoms. The van der Waals surface area contributed by atoms with Crippen LogP contribution in [0, 0.1) is 0 Å². The van der Waals surface area contributed by atoms with Gasteiger partial charge in [0, 0.05) is 41.1 Å². The molecule has 0 spiro atoms. The van der Waals surface area contributed by atoms with E-state index in [2.05, 4.69) is 27.6 Å². The molecule has 4 aromatic rings. The minimum atomic E-state index is -0.394. The van der Waals surface area contributed by atoms with Gasteiger partial charge in [0.2, 0.25) is 0 Å². The minimum absolute atomic E-state index is 0.124. The lowest BCUT2D eigenvalue weighted by molar-refractivity contribution is 0.0920. The highest BCUT2D eigenvalue weighted by molar-refractivity contribution is 6.09. The standard InChI is InChI=1S/C28H33N5O2/c1-5-6-12-33-17-20(15-30-33)22-14-23-25(13-19(22)18-34)29-16-24(27(35)32-28(2,3)4)26(23)31-21-10-8-7-9-11-21/h7-11,13-17,34H,5-6,12,18H2,1-4H3,(H,29,31)(H,32,35). The van der Waals surface area contributed by atoms with E-state index in [1.165, 1.54) is 0 Å². The number of amides is 1. The van der Waals surface area contributed by atoms with Crippen LogP contribution < -0.4 is 10.6 Å². The van der Waals surface area contributed by atoms with Crippen LogP contribution in [0.15, 0.2) is 61.1 Å². The summed E-state index contributed by atoms with van der Waals surface area (Å²) < 4.78 is 1.93. The molecule has 182 valence electrons. The van der Waals surface area contributed by atoms with Crippen LogP contribution in [0.3, 0.4) is 0 Å². The van der Waals surface area contributed by atoms with Gasteiger partial charge in [-0.15, -0.1) is 0 Å². The molecular formula is C28H33N5O2. The summed E-state index contributed by atoms with van der Waals surface area (Å²) in [5, 5.41) is 21.9. The van der Waals surface area contributed by atoms with Crippen molar-refractivity contribution in [1.29, 1.82) is 0 Å². The molecular weight excluding hydrogens is 438 g/mol. The fourth-order valence-corrected chi connectivity index (χ4v) is 4.01. The Labute approximate surface area is 206 Å². The van der Waals surface area contributed by atoms with Gasteiger partial charge in [0.25, 0.3) is 5.91 Å². The zero-order valence-corrected chi connectivity index (χ0v) is 20.8. The zero-order valence-electron chi connectivity index (χ0n) is 20.8. The SMILES string of the molecule is CCCCn1cc(-c2cc3c(Nc4ccccc4)c(C(=O)NC(C)(C)C)cnc3cc2CO)cn1. The van der Waals surface area contributed by atoms with E-state index in [4.69, 9.17) is 0 Å². The van der Waals surface area contributed by atoms with Crippen LogP contribution >= 0.6 is 0 Å². The summed E-state index contributed by atoms with van der Waals surface area (Å²) >= 11 is 0. The van der Waals surface area contributed by atoms with Crippen LogP contribution in [0.2, 0.25) is 0 Å². The van der Waals surface area contributed by atoms with Crippen molar-refractivity contribution in [1.82, 2.24) is 20.1 Å². The highest BCUT2D eigenvalue weighted by Gasteiger charge is 2.22. The number of aliphatic hydroxyl groups excluding tert-OH is 1. The zero-order chi connectivity index (χ0) is 25.0. The van der Waals surface area contributed by atoms with E-state index < -0.39 is 5.54 Å². The molecule has 0 radical (unpaired) electrons. The van der Waals surface area contributed by atoms with E-state index in [0.29, 0.717) is 16.8 Å². The van der Waals surface area contributed by atoms with E-state index in [9.17, 15) is 9.90 Å². The number of nitrogens with one attached hydrogen (secondary N) is 2. The third-order valence-electron chi connectivity index (χ3n) is 5.72.